The molecular formula is C59H100O6. The van der Waals surface area contributed by atoms with Gasteiger partial charge in [-0.25, -0.2) is 0 Å². The summed E-state index contributed by atoms with van der Waals surface area (Å²) in [5, 5.41) is 0. The third-order valence-electron chi connectivity index (χ3n) is 11.4. The van der Waals surface area contributed by atoms with Crippen molar-refractivity contribution in [3.63, 3.8) is 0 Å². The molecule has 0 heterocycles. The first-order chi connectivity index (χ1) is 32.0. The molecule has 0 amide bonds. The minimum atomic E-state index is -0.796. The summed E-state index contributed by atoms with van der Waals surface area (Å²) in [6.07, 6.45) is 68.5. The summed E-state index contributed by atoms with van der Waals surface area (Å²) in [4.78, 5) is 38.0. The van der Waals surface area contributed by atoms with Gasteiger partial charge in [-0.15, -0.1) is 0 Å². The van der Waals surface area contributed by atoms with E-state index < -0.39 is 6.10 Å². The lowest BCUT2D eigenvalue weighted by atomic mass is 10.1. The molecule has 0 aromatic carbocycles. The van der Waals surface area contributed by atoms with Crippen LogP contribution in [0.1, 0.15) is 252 Å². The Bertz CT molecular complexity index is 1270. The van der Waals surface area contributed by atoms with Crippen LogP contribution < -0.4 is 0 Å². The Hall–Kier alpha value is -3.41. The smallest absolute Gasteiger partial charge is 0.306 e. The molecule has 0 aliphatic heterocycles. The fraction of sp³-hybridized carbons (Fsp3) is 0.712. The van der Waals surface area contributed by atoms with Crippen molar-refractivity contribution in [2.75, 3.05) is 13.2 Å². The Kier molecular flexibility index (Phi) is 50.4. The molecule has 372 valence electrons. The number of rotatable bonds is 48. The topological polar surface area (TPSA) is 78.9 Å². The highest BCUT2D eigenvalue weighted by molar-refractivity contribution is 5.71. The van der Waals surface area contributed by atoms with Crippen molar-refractivity contribution in [1.82, 2.24) is 0 Å². The van der Waals surface area contributed by atoms with Crippen molar-refractivity contribution in [1.29, 1.82) is 0 Å². The molecule has 0 radical (unpaired) electrons. The van der Waals surface area contributed by atoms with E-state index in [2.05, 4.69) is 106 Å². The zero-order chi connectivity index (χ0) is 47.2. The molecule has 0 aromatic heterocycles. The largest absolute Gasteiger partial charge is 0.462 e. The average molecular weight is 905 g/mol. The second-order valence-electron chi connectivity index (χ2n) is 17.7. The number of carbonyl (C=O) groups excluding carboxylic acids is 3. The second kappa shape index (κ2) is 53.2. The fourth-order valence-electron chi connectivity index (χ4n) is 7.28. The average Bonchev–Trinajstić information content (AvgIpc) is 3.30. The summed E-state index contributed by atoms with van der Waals surface area (Å²) < 4.78 is 16.8. The van der Waals surface area contributed by atoms with Gasteiger partial charge in [0.15, 0.2) is 6.10 Å². The Labute approximate surface area is 401 Å². The van der Waals surface area contributed by atoms with Crippen molar-refractivity contribution < 1.29 is 28.6 Å². The van der Waals surface area contributed by atoms with Crippen LogP contribution in [0.2, 0.25) is 0 Å². The molecular weight excluding hydrogens is 805 g/mol. The quantitative estimate of drug-likeness (QED) is 0.0262. The molecule has 0 saturated carbocycles. The number of carbonyl (C=O) groups is 3. The summed E-state index contributed by atoms with van der Waals surface area (Å²) in [7, 11) is 0. The third-order valence-corrected chi connectivity index (χ3v) is 11.4. The summed E-state index contributed by atoms with van der Waals surface area (Å²) in [6.45, 7) is 6.46. The molecule has 0 bridgehead atoms. The van der Waals surface area contributed by atoms with Crippen molar-refractivity contribution in [3.8, 4) is 0 Å². The van der Waals surface area contributed by atoms with Crippen LogP contribution in [0.4, 0.5) is 0 Å². The number of unbranched alkanes of at least 4 members (excludes halogenated alkanes) is 23. The molecule has 0 N–H and O–H groups in total. The van der Waals surface area contributed by atoms with E-state index in [4.69, 9.17) is 14.2 Å². The van der Waals surface area contributed by atoms with Crippen molar-refractivity contribution >= 4 is 17.9 Å². The Morgan fingerprint density at radius 3 is 0.969 bits per heavy atom. The van der Waals surface area contributed by atoms with Gasteiger partial charge in [-0.2, -0.15) is 0 Å². The van der Waals surface area contributed by atoms with E-state index in [1.54, 1.807) is 0 Å². The highest BCUT2D eigenvalue weighted by Crippen LogP contribution is 2.14. The second-order valence-corrected chi connectivity index (χ2v) is 17.7. The maximum atomic E-state index is 12.8. The van der Waals surface area contributed by atoms with Crippen LogP contribution in [0.15, 0.2) is 85.1 Å². The maximum absolute atomic E-state index is 12.8. The lowest BCUT2D eigenvalue weighted by Gasteiger charge is -2.18. The predicted molar refractivity (Wildman–Crippen MR) is 279 cm³/mol. The van der Waals surface area contributed by atoms with E-state index in [1.165, 1.54) is 103 Å². The summed E-state index contributed by atoms with van der Waals surface area (Å²) >= 11 is 0. The van der Waals surface area contributed by atoms with Gasteiger partial charge in [-0.3, -0.25) is 14.4 Å². The first kappa shape index (κ1) is 61.6. The summed E-state index contributed by atoms with van der Waals surface area (Å²) in [5.41, 5.74) is 0. The van der Waals surface area contributed by atoms with E-state index in [0.717, 1.165) is 109 Å². The molecule has 0 aliphatic carbocycles. The van der Waals surface area contributed by atoms with Crippen LogP contribution in [-0.4, -0.2) is 37.2 Å². The van der Waals surface area contributed by atoms with Crippen LogP contribution in [-0.2, 0) is 28.6 Å². The van der Waals surface area contributed by atoms with Crippen LogP contribution in [0, 0.1) is 0 Å². The van der Waals surface area contributed by atoms with Crippen molar-refractivity contribution in [2.24, 2.45) is 0 Å². The number of ether oxygens (including phenoxy) is 3. The third kappa shape index (κ3) is 51.4. The van der Waals surface area contributed by atoms with E-state index in [9.17, 15) is 14.4 Å². The first-order valence-electron chi connectivity index (χ1n) is 27.1. The monoisotopic (exact) mass is 905 g/mol. The highest BCUT2D eigenvalue weighted by Gasteiger charge is 2.19. The van der Waals surface area contributed by atoms with E-state index in [1.807, 2.05) is 0 Å². The van der Waals surface area contributed by atoms with Crippen molar-refractivity contribution in [3.05, 3.63) is 85.1 Å². The van der Waals surface area contributed by atoms with Gasteiger partial charge in [0.1, 0.15) is 13.2 Å². The van der Waals surface area contributed by atoms with Gasteiger partial charge in [-0.05, 0) is 116 Å². The molecule has 0 rings (SSSR count). The molecule has 0 saturated heterocycles. The minimum absolute atomic E-state index is 0.0928. The van der Waals surface area contributed by atoms with Crippen LogP contribution >= 0.6 is 0 Å². The summed E-state index contributed by atoms with van der Waals surface area (Å²) in [6, 6.07) is 0. The van der Waals surface area contributed by atoms with Gasteiger partial charge in [0.2, 0.25) is 0 Å². The molecule has 0 aromatic rings. The van der Waals surface area contributed by atoms with E-state index in [-0.39, 0.29) is 31.1 Å². The molecule has 0 fully saturated rings. The standard InChI is InChI=1S/C59H100O6/c1-4-7-10-13-16-19-22-25-27-28-29-30-32-35-37-40-43-46-49-52-58(61)64-55-56(65-59(62)53-50-47-44-41-38-33-24-21-18-15-12-9-6-3)54-63-57(60)51-48-45-42-39-36-34-31-26-23-20-17-14-11-8-5-2/h7,10,16,19-21,23-25,27,29-30,35,37,56H,4-6,8-9,11-15,17-18,22,26,28,31-34,36,38-55H2,1-3H3/b10-7-,19-16-,23-20-,24-21-,27-25-,30-29-,37-35-/t56-/m0/s1. The molecule has 0 unspecified atom stereocenters. The first-order valence-corrected chi connectivity index (χ1v) is 27.1. The highest BCUT2D eigenvalue weighted by atomic mass is 16.6. The van der Waals surface area contributed by atoms with Crippen LogP contribution in [0.3, 0.4) is 0 Å². The molecule has 0 aliphatic rings. The normalized spacial score (nSPS) is 12.7. The van der Waals surface area contributed by atoms with E-state index in [0.29, 0.717) is 19.3 Å². The zero-order valence-electron chi connectivity index (χ0n) is 42.5. The Morgan fingerprint density at radius 1 is 0.323 bits per heavy atom. The van der Waals surface area contributed by atoms with Crippen molar-refractivity contribution in [2.45, 2.75) is 258 Å². The number of allylic oxidation sites excluding steroid dienone is 14. The minimum Gasteiger partial charge on any atom is -0.462 e. The number of hydrogen-bond acceptors (Lipinski definition) is 6. The van der Waals surface area contributed by atoms with Gasteiger partial charge < -0.3 is 14.2 Å². The lowest BCUT2D eigenvalue weighted by Crippen LogP contribution is -2.30. The maximum Gasteiger partial charge on any atom is 0.306 e. The van der Waals surface area contributed by atoms with Gasteiger partial charge >= 0.3 is 17.9 Å². The van der Waals surface area contributed by atoms with E-state index >= 15 is 0 Å². The molecule has 0 spiro atoms. The van der Waals surface area contributed by atoms with Crippen LogP contribution in [0.5, 0.6) is 0 Å². The molecule has 65 heavy (non-hydrogen) atoms. The molecule has 1 atom stereocenters. The van der Waals surface area contributed by atoms with Gasteiger partial charge in [0, 0.05) is 19.3 Å². The number of hydrogen-bond donors (Lipinski definition) is 0. The summed E-state index contributed by atoms with van der Waals surface area (Å²) in [5.74, 6) is -0.938. The van der Waals surface area contributed by atoms with Crippen LogP contribution in [0.25, 0.3) is 0 Å². The predicted octanol–water partition coefficient (Wildman–Crippen LogP) is 18.0. The lowest BCUT2D eigenvalue weighted by molar-refractivity contribution is -0.167. The fourth-order valence-corrected chi connectivity index (χ4v) is 7.28. The number of esters is 3. The van der Waals surface area contributed by atoms with Gasteiger partial charge in [-0.1, -0.05) is 202 Å². The van der Waals surface area contributed by atoms with Gasteiger partial charge in [0.05, 0.1) is 0 Å². The SMILES string of the molecule is CC/C=C\C/C=C\C/C=C\C/C=C\C/C=C\CCCCCC(=O)OC[C@H](COC(=O)CCCCCCCCC/C=C\CCCCCC)OC(=O)CCCCCCC/C=C\CCCCCC. The molecule has 6 heteroatoms. The van der Waals surface area contributed by atoms with Gasteiger partial charge in [0.25, 0.3) is 0 Å². The Balaban J connectivity index is 4.45. The zero-order valence-corrected chi connectivity index (χ0v) is 42.5. The Morgan fingerprint density at radius 2 is 0.600 bits per heavy atom. The molecule has 6 nitrogen and oxygen atoms in total.